The van der Waals surface area contributed by atoms with Gasteiger partial charge in [0.25, 0.3) is 5.91 Å². The van der Waals surface area contributed by atoms with E-state index in [0.717, 1.165) is 41.5 Å². The molecule has 1 N–H and O–H groups in total. The number of hydrogen-bond acceptors (Lipinski definition) is 5. The molecule has 5 rings (SSSR count). The summed E-state index contributed by atoms with van der Waals surface area (Å²) in [6.07, 6.45) is 4.23. The highest BCUT2D eigenvalue weighted by atomic mass is 32.1. The summed E-state index contributed by atoms with van der Waals surface area (Å²) in [6, 6.07) is 9.68. The molecule has 33 heavy (non-hydrogen) atoms. The molecule has 2 amide bonds. The maximum atomic E-state index is 13.9. The van der Waals surface area contributed by atoms with Gasteiger partial charge < -0.3 is 24.3 Å². The highest BCUT2D eigenvalue weighted by molar-refractivity contribution is 7.09. The molecule has 8 heteroatoms. The zero-order chi connectivity index (χ0) is 23.2. The van der Waals surface area contributed by atoms with Crippen LogP contribution in [0.15, 0.2) is 35.7 Å². The number of benzene rings is 1. The monoisotopic (exact) mass is 467 g/mol. The number of fused-ring (bicyclic) bond motifs is 3. The number of ether oxygens (including phenoxy) is 2. The van der Waals surface area contributed by atoms with Crippen molar-refractivity contribution in [2.45, 2.75) is 57.3 Å². The molecule has 1 aromatic carbocycles. The van der Waals surface area contributed by atoms with Gasteiger partial charge in [0, 0.05) is 16.3 Å². The SMILES string of the molecule is COc1ccc(OC)c2c1cc1n2C[C@@](C)(C(=O)NC2CCCC2)N(Cc2cccs2)C1=O. The van der Waals surface area contributed by atoms with Crippen molar-refractivity contribution in [1.29, 1.82) is 0 Å². The summed E-state index contributed by atoms with van der Waals surface area (Å²) < 4.78 is 13.1. The lowest BCUT2D eigenvalue weighted by atomic mass is 9.94. The molecule has 174 valence electrons. The molecule has 2 aliphatic rings. The molecule has 2 aromatic heterocycles. The first kappa shape index (κ1) is 21.8. The summed E-state index contributed by atoms with van der Waals surface area (Å²) in [5.41, 5.74) is 0.267. The van der Waals surface area contributed by atoms with Crippen LogP contribution in [0.4, 0.5) is 0 Å². The zero-order valence-corrected chi connectivity index (χ0v) is 20.0. The van der Waals surface area contributed by atoms with E-state index in [1.54, 1.807) is 30.5 Å². The van der Waals surface area contributed by atoms with E-state index in [2.05, 4.69) is 5.32 Å². The van der Waals surface area contributed by atoms with Gasteiger partial charge in [0.05, 0.1) is 32.8 Å². The second kappa shape index (κ2) is 8.41. The molecule has 0 spiro atoms. The predicted octanol–water partition coefficient (Wildman–Crippen LogP) is 4.19. The average Bonchev–Trinajstić information content (AvgIpc) is 3.58. The number of nitrogens with zero attached hydrogens (tertiary/aromatic N) is 2. The first-order valence-electron chi connectivity index (χ1n) is 11.4. The second-order valence-electron chi connectivity index (χ2n) is 9.05. The van der Waals surface area contributed by atoms with Crippen LogP contribution in [0.3, 0.4) is 0 Å². The van der Waals surface area contributed by atoms with Crippen LogP contribution < -0.4 is 14.8 Å². The fraction of sp³-hybridized carbons (Fsp3) is 0.440. The fourth-order valence-electron chi connectivity index (χ4n) is 5.17. The Labute approximate surface area is 197 Å². The van der Waals surface area contributed by atoms with Gasteiger partial charge in [0.2, 0.25) is 5.91 Å². The Morgan fingerprint density at radius 3 is 2.58 bits per heavy atom. The van der Waals surface area contributed by atoms with Gasteiger partial charge in [0.15, 0.2) is 0 Å². The van der Waals surface area contributed by atoms with Crippen LogP contribution in [0.5, 0.6) is 11.5 Å². The van der Waals surface area contributed by atoms with Crippen molar-refractivity contribution >= 4 is 34.1 Å². The summed E-state index contributed by atoms with van der Waals surface area (Å²) in [5.74, 6) is 1.05. The molecule has 3 heterocycles. The number of amides is 2. The highest BCUT2D eigenvalue weighted by Crippen LogP contribution is 2.40. The number of methoxy groups -OCH3 is 2. The molecule has 1 atom stereocenters. The zero-order valence-electron chi connectivity index (χ0n) is 19.2. The largest absolute Gasteiger partial charge is 0.496 e. The maximum Gasteiger partial charge on any atom is 0.271 e. The molecule has 1 fully saturated rings. The summed E-state index contributed by atoms with van der Waals surface area (Å²) in [5, 5.41) is 6.04. The van der Waals surface area contributed by atoms with Crippen LogP contribution in [-0.2, 0) is 17.9 Å². The molecular formula is C25H29N3O4S. The van der Waals surface area contributed by atoms with E-state index in [1.165, 1.54) is 0 Å². The molecule has 0 unspecified atom stereocenters. The fourth-order valence-corrected chi connectivity index (χ4v) is 5.87. The van der Waals surface area contributed by atoms with Gasteiger partial charge in [0.1, 0.15) is 22.7 Å². The third-order valence-electron chi connectivity index (χ3n) is 7.02. The lowest BCUT2D eigenvalue weighted by molar-refractivity contribution is -0.133. The summed E-state index contributed by atoms with van der Waals surface area (Å²) in [7, 11) is 3.23. The van der Waals surface area contributed by atoms with E-state index in [9.17, 15) is 9.59 Å². The van der Waals surface area contributed by atoms with Gasteiger partial charge in [-0.2, -0.15) is 0 Å². The molecule has 0 saturated heterocycles. The molecule has 3 aromatic rings. The van der Waals surface area contributed by atoms with Crippen LogP contribution in [0.25, 0.3) is 10.9 Å². The number of nitrogens with one attached hydrogen (secondary N) is 1. The number of carbonyl (C=O) groups is 2. The number of aromatic nitrogens is 1. The van der Waals surface area contributed by atoms with Crippen molar-refractivity contribution in [2.75, 3.05) is 14.2 Å². The minimum atomic E-state index is -1.04. The van der Waals surface area contributed by atoms with Crippen LogP contribution >= 0.6 is 11.3 Å². The molecule has 0 radical (unpaired) electrons. The van der Waals surface area contributed by atoms with E-state index >= 15 is 0 Å². The Hall–Kier alpha value is -3.00. The van der Waals surface area contributed by atoms with Crippen molar-refractivity contribution in [3.8, 4) is 11.5 Å². The molecule has 1 aliphatic carbocycles. The second-order valence-corrected chi connectivity index (χ2v) is 10.1. The van der Waals surface area contributed by atoms with Crippen molar-refractivity contribution in [3.05, 3.63) is 46.3 Å². The number of carbonyl (C=O) groups excluding carboxylic acids is 2. The van der Waals surface area contributed by atoms with Gasteiger partial charge in [-0.05, 0) is 49.4 Å². The summed E-state index contributed by atoms with van der Waals surface area (Å²) in [6.45, 7) is 2.61. The Kier molecular flexibility index (Phi) is 5.56. The van der Waals surface area contributed by atoms with Crippen LogP contribution in [0.2, 0.25) is 0 Å². The van der Waals surface area contributed by atoms with Gasteiger partial charge in [-0.1, -0.05) is 18.9 Å². The third kappa shape index (κ3) is 3.57. The lowest BCUT2D eigenvalue weighted by Crippen LogP contribution is -2.64. The molecule has 7 nitrogen and oxygen atoms in total. The topological polar surface area (TPSA) is 72.8 Å². The van der Waals surface area contributed by atoms with Crippen molar-refractivity contribution < 1.29 is 19.1 Å². The van der Waals surface area contributed by atoms with Crippen molar-refractivity contribution in [3.63, 3.8) is 0 Å². The molecule has 1 aliphatic heterocycles. The Bertz CT molecular complexity index is 1200. The van der Waals surface area contributed by atoms with Crippen molar-refractivity contribution in [1.82, 2.24) is 14.8 Å². The van der Waals surface area contributed by atoms with Crippen molar-refractivity contribution in [2.24, 2.45) is 0 Å². The molecular weight excluding hydrogens is 438 g/mol. The van der Waals surface area contributed by atoms with E-state index in [0.29, 0.717) is 30.3 Å². The predicted molar refractivity (Wildman–Crippen MR) is 128 cm³/mol. The number of hydrogen-bond donors (Lipinski definition) is 1. The minimum absolute atomic E-state index is 0.103. The first-order chi connectivity index (χ1) is 16.0. The molecule has 0 bridgehead atoms. The van der Waals surface area contributed by atoms with Gasteiger partial charge in [-0.3, -0.25) is 9.59 Å². The smallest absolute Gasteiger partial charge is 0.271 e. The lowest BCUT2D eigenvalue weighted by Gasteiger charge is -2.44. The quantitative estimate of drug-likeness (QED) is 0.590. The first-order valence-corrected chi connectivity index (χ1v) is 12.2. The summed E-state index contributed by atoms with van der Waals surface area (Å²) in [4.78, 5) is 30.4. The van der Waals surface area contributed by atoms with Crippen LogP contribution in [0, 0.1) is 0 Å². The van der Waals surface area contributed by atoms with E-state index in [4.69, 9.17) is 9.47 Å². The van der Waals surface area contributed by atoms with Gasteiger partial charge >= 0.3 is 0 Å². The normalized spacial score (nSPS) is 20.8. The standard InChI is InChI=1S/C25H29N3O4S/c1-25(24(30)26-16-7-4-5-8-16)15-27-19(23(29)28(25)14-17-9-6-12-33-17)13-18-20(31-2)10-11-21(32-3)22(18)27/h6,9-13,16H,4-5,7-8,14-15H2,1-3H3,(H,26,30)/t25-/m0/s1. The van der Waals surface area contributed by atoms with Gasteiger partial charge in [-0.25, -0.2) is 0 Å². The summed E-state index contributed by atoms with van der Waals surface area (Å²) >= 11 is 1.59. The van der Waals surface area contributed by atoms with Gasteiger partial charge in [-0.15, -0.1) is 11.3 Å². The van der Waals surface area contributed by atoms with E-state index in [-0.39, 0.29) is 17.9 Å². The Balaban J connectivity index is 1.64. The Morgan fingerprint density at radius 2 is 1.91 bits per heavy atom. The minimum Gasteiger partial charge on any atom is -0.496 e. The number of thiophene rings is 1. The highest BCUT2D eigenvalue weighted by Gasteiger charge is 2.48. The molecule has 1 saturated carbocycles. The third-order valence-corrected chi connectivity index (χ3v) is 7.88. The van der Waals surface area contributed by atoms with Crippen LogP contribution in [0.1, 0.15) is 48.0 Å². The maximum absolute atomic E-state index is 13.9. The van der Waals surface area contributed by atoms with E-state index < -0.39 is 5.54 Å². The number of rotatable bonds is 6. The Morgan fingerprint density at radius 1 is 1.18 bits per heavy atom. The van der Waals surface area contributed by atoms with Crippen LogP contribution in [-0.4, -0.2) is 47.1 Å². The van der Waals surface area contributed by atoms with E-state index in [1.807, 2.05) is 47.2 Å². The average molecular weight is 468 g/mol.